The molecule has 0 heterocycles. The minimum Gasteiger partial charge on any atom is -0.299 e. The van der Waals surface area contributed by atoms with Gasteiger partial charge in [0, 0.05) is 11.0 Å². The lowest BCUT2D eigenvalue weighted by Gasteiger charge is -2.09. The lowest BCUT2D eigenvalue weighted by Crippen LogP contribution is -2.09. The molecule has 0 radical (unpaired) electrons. The third kappa shape index (κ3) is 1.81. The molecule has 0 aromatic heterocycles. The fourth-order valence-electron chi connectivity index (χ4n) is 1.90. The average molecular weight is 215 g/mol. The molecule has 0 amide bonds. The van der Waals surface area contributed by atoms with E-state index in [1.165, 1.54) is 16.3 Å². The lowest BCUT2D eigenvalue weighted by atomic mass is 9.98. The number of hydrogen-bond donors (Lipinski definition) is 1. The molecule has 2 aromatic carbocycles. The number of benzene rings is 2. The molecule has 0 saturated carbocycles. The molecule has 76 valence electrons. The van der Waals surface area contributed by atoms with Crippen molar-refractivity contribution < 1.29 is 0 Å². The maximum atomic E-state index is 5.80. The van der Waals surface area contributed by atoms with Crippen LogP contribution in [-0.4, -0.2) is 5.42 Å². The van der Waals surface area contributed by atoms with E-state index in [9.17, 15) is 0 Å². The van der Waals surface area contributed by atoms with Crippen LogP contribution in [0.15, 0.2) is 36.4 Å². The SMILES string of the molecule is CCc1ccc(C(N)=P)c2ccccc12. The Morgan fingerprint density at radius 2 is 1.80 bits per heavy atom. The molecule has 0 bridgehead atoms. The second kappa shape index (κ2) is 4.14. The van der Waals surface area contributed by atoms with E-state index in [1.54, 1.807) is 0 Å². The first-order valence-electron chi connectivity index (χ1n) is 5.09. The van der Waals surface area contributed by atoms with Gasteiger partial charge in [0.2, 0.25) is 0 Å². The van der Waals surface area contributed by atoms with Gasteiger partial charge in [-0.25, -0.2) is 0 Å². The minimum absolute atomic E-state index is 0.689. The highest BCUT2D eigenvalue weighted by molar-refractivity contribution is 7.22. The van der Waals surface area contributed by atoms with Crippen LogP contribution >= 0.6 is 8.86 Å². The zero-order chi connectivity index (χ0) is 10.8. The van der Waals surface area contributed by atoms with Crippen LogP contribution < -0.4 is 5.73 Å². The molecular weight excluding hydrogens is 201 g/mol. The van der Waals surface area contributed by atoms with Crippen LogP contribution in [0.1, 0.15) is 18.1 Å². The van der Waals surface area contributed by atoms with Crippen molar-refractivity contribution in [2.75, 3.05) is 0 Å². The Labute approximate surface area is 92.1 Å². The highest BCUT2D eigenvalue weighted by Gasteiger charge is 2.04. The summed E-state index contributed by atoms with van der Waals surface area (Å²) < 4.78 is 0. The minimum atomic E-state index is 0.689. The average Bonchev–Trinajstić information content (AvgIpc) is 2.27. The van der Waals surface area contributed by atoms with Crippen molar-refractivity contribution in [2.24, 2.45) is 5.73 Å². The Morgan fingerprint density at radius 1 is 1.13 bits per heavy atom. The Kier molecular flexibility index (Phi) is 2.86. The molecule has 0 aliphatic rings. The largest absolute Gasteiger partial charge is 0.299 e. The van der Waals surface area contributed by atoms with Crippen molar-refractivity contribution in [3.63, 3.8) is 0 Å². The molecule has 0 fully saturated rings. The van der Waals surface area contributed by atoms with Crippen LogP contribution in [0.4, 0.5) is 0 Å². The van der Waals surface area contributed by atoms with Gasteiger partial charge >= 0.3 is 0 Å². The Balaban J connectivity index is 2.83. The molecule has 15 heavy (non-hydrogen) atoms. The summed E-state index contributed by atoms with van der Waals surface area (Å²) >= 11 is 0. The van der Waals surface area contributed by atoms with Gasteiger partial charge in [-0.3, -0.25) is 5.73 Å². The van der Waals surface area contributed by atoms with Gasteiger partial charge in [-0.2, -0.15) is 0 Å². The van der Waals surface area contributed by atoms with Crippen LogP contribution in [0.3, 0.4) is 0 Å². The zero-order valence-corrected chi connectivity index (χ0v) is 9.75. The van der Waals surface area contributed by atoms with Gasteiger partial charge in [-0.15, -0.1) is 8.86 Å². The summed E-state index contributed by atoms with van der Waals surface area (Å²) in [5.74, 6) is 0. The van der Waals surface area contributed by atoms with Gasteiger partial charge in [-0.05, 0) is 22.8 Å². The van der Waals surface area contributed by atoms with Crippen LogP contribution in [-0.2, 0) is 6.42 Å². The van der Waals surface area contributed by atoms with Crippen LogP contribution in [0.2, 0.25) is 0 Å². The van der Waals surface area contributed by atoms with E-state index in [2.05, 4.69) is 46.1 Å². The van der Waals surface area contributed by atoms with Gasteiger partial charge < -0.3 is 0 Å². The molecule has 1 nitrogen and oxygen atoms in total. The molecule has 0 aliphatic carbocycles. The third-order valence-electron chi connectivity index (χ3n) is 2.69. The summed E-state index contributed by atoms with van der Waals surface area (Å²) in [5.41, 5.74) is 8.92. The van der Waals surface area contributed by atoms with Crippen molar-refractivity contribution in [1.82, 2.24) is 0 Å². The van der Waals surface area contributed by atoms with E-state index in [1.807, 2.05) is 6.07 Å². The number of rotatable bonds is 2. The topological polar surface area (TPSA) is 26.0 Å². The molecule has 0 spiro atoms. The van der Waals surface area contributed by atoms with Gasteiger partial charge in [-0.1, -0.05) is 43.3 Å². The molecule has 0 unspecified atom stereocenters. The van der Waals surface area contributed by atoms with Crippen molar-refractivity contribution in [3.8, 4) is 0 Å². The summed E-state index contributed by atoms with van der Waals surface area (Å²) in [6.45, 7) is 2.17. The van der Waals surface area contributed by atoms with E-state index in [0.717, 1.165) is 12.0 Å². The van der Waals surface area contributed by atoms with Crippen molar-refractivity contribution in [1.29, 1.82) is 0 Å². The molecular formula is C13H14NP. The molecule has 2 rings (SSSR count). The summed E-state index contributed by atoms with van der Waals surface area (Å²) in [6, 6.07) is 12.6. The Morgan fingerprint density at radius 3 is 2.40 bits per heavy atom. The molecule has 2 aromatic rings. The molecule has 0 aliphatic heterocycles. The second-order valence-corrected chi connectivity index (χ2v) is 4.12. The van der Waals surface area contributed by atoms with E-state index < -0.39 is 0 Å². The predicted molar refractivity (Wildman–Crippen MR) is 69.9 cm³/mol. The monoisotopic (exact) mass is 215 g/mol. The fraction of sp³-hybridized carbons (Fsp3) is 0.154. The van der Waals surface area contributed by atoms with Crippen LogP contribution in [0.25, 0.3) is 10.8 Å². The molecule has 2 heteroatoms. The normalized spacial score (nSPS) is 10.5. The van der Waals surface area contributed by atoms with Crippen LogP contribution in [0.5, 0.6) is 0 Å². The summed E-state index contributed by atoms with van der Waals surface area (Å²) in [4.78, 5) is 0. The van der Waals surface area contributed by atoms with E-state index in [4.69, 9.17) is 5.73 Å². The van der Waals surface area contributed by atoms with Gasteiger partial charge in [0.05, 0.1) is 0 Å². The number of aryl methyl sites for hydroxylation is 1. The van der Waals surface area contributed by atoms with Crippen LogP contribution in [0, 0.1) is 0 Å². The first-order valence-corrected chi connectivity index (χ1v) is 5.59. The Bertz CT molecular complexity index is 517. The van der Waals surface area contributed by atoms with Gasteiger partial charge in [0.1, 0.15) is 0 Å². The highest BCUT2D eigenvalue weighted by atomic mass is 31.0. The van der Waals surface area contributed by atoms with E-state index >= 15 is 0 Å². The standard InChI is InChI=1S/C13H14NP/c1-2-9-7-8-12(13(14)15)11-6-4-3-5-10(9)11/h3-8,15H,2,14H2,1H3. The second-order valence-electron chi connectivity index (χ2n) is 3.59. The van der Waals surface area contributed by atoms with E-state index in [-0.39, 0.29) is 0 Å². The quantitative estimate of drug-likeness (QED) is 0.766. The number of fused-ring (bicyclic) bond motifs is 1. The highest BCUT2D eigenvalue weighted by Crippen LogP contribution is 2.23. The first-order chi connectivity index (χ1) is 7.24. The summed E-state index contributed by atoms with van der Waals surface area (Å²) in [5, 5.41) is 2.50. The molecule has 2 N–H and O–H groups in total. The summed E-state index contributed by atoms with van der Waals surface area (Å²) in [6.07, 6.45) is 1.04. The van der Waals surface area contributed by atoms with Crippen molar-refractivity contribution >= 4 is 25.1 Å². The predicted octanol–water partition coefficient (Wildman–Crippen LogP) is 2.98. The smallest absolute Gasteiger partial charge is 0.0399 e. The first kappa shape index (κ1) is 10.4. The summed E-state index contributed by atoms with van der Waals surface area (Å²) in [7, 11) is 3.40. The Hall–Kier alpha value is -1.17. The van der Waals surface area contributed by atoms with Crippen molar-refractivity contribution in [3.05, 3.63) is 47.5 Å². The lowest BCUT2D eigenvalue weighted by molar-refractivity contribution is 1.16. The maximum absolute atomic E-state index is 5.80. The zero-order valence-electron chi connectivity index (χ0n) is 8.75. The third-order valence-corrected chi connectivity index (χ3v) is 2.95. The molecule has 0 saturated heterocycles. The van der Waals surface area contributed by atoms with E-state index in [0.29, 0.717) is 5.42 Å². The number of nitrogens with two attached hydrogens (primary N) is 1. The fourth-order valence-corrected chi connectivity index (χ4v) is 2.12. The van der Waals surface area contributed by atoms with Crippen molar-refractivity contribution in [2.45, 2.75) is 13.3 Å². The maximum Gasteiger partial charge on any atom is 0.0399 e. The number of hydrogen-bond acceptors (Lipinski definition) is 0. The molecule has 0 atom stereocenters. The van der Waals surface area contributed by atoms with Gasteiger partial charge in [0.25, 0.3) is 0 Å². The van der Waals surface area contributed by atoms with Gasteiger partial charge in [0.15, 0.2) is 0 Å².